The molecule has 0 amide bonds. The number of nitrogens with zero attached hydrogens (tertiary/aromatic N) is 1. The molecule has 1 heterocycles. The number of methoxy groups -OCH3 is 2. The van der Waals surface area contributed by atoms with Crippen LogP contribution in [0, 0.1) is 0 Å². The van der Waals surface area contributed by atoms with E-state index < -0.39 is 11.9 Å². The molecule has 1 aliphatic rings. The Balaban J connectivity index is 0.000000343. The van der Waals surface area contributed by atoms with Gasteiger partial charge in [0.15, 0.2) is 11.5 Å². The predicted molar refractivity (Wildman–Crippen MR) is 113 cm³/mol. The topological polar surface area (TPSA) is 96.3 Å². The Morgan fingerprint density at radius 2 is 1.57 bits per heavy atom. The number of fused-ring (bicyclic) bond motifs is 1. The van der Waals surface area contributed by atoms with Crippen molar-refractivity contribution in [3.8, 4) is 11.5 Å². The standard InChI is InChI=1S/C19H23NO2.C4H4O4/c1-20-10-9-15-11-18(21-2)19(22-3)12-16(15)17(13-20)14-7-5-4-6-8-14;5-3(6)1-2-4(7)8/h4-8,11-12,17H,9-10,13H2,1-3H3;1-2H,(H,5,6)(H,7,8)/b;2-1-. The summed E-state index contributed by atoms with van der Waals surface area (Å²) in [4.78, 5) is 21.5. The van der Waals surface area contributed by atoms with Gasteiger partial charge in [-0.05, 0) is 42.3 Å². The summed E-state index contributed by atoms with van der Waals surface area (Å²) in [5.41, 5.74) is 4.06. The maximum absolute atomic E-state index is 9.55. The van der Waals surface area contributed by atoms with Crippen molar-refractivity contribution in [2.75, 3.05) is 34.4 Å². The summed E-state index contributed by atoms with van der Waals surface area (Å²) in [6, 6.07) is 15.0. The Bertz CT molecular complexity index is 878. The molecule has 1 aliphatic heterocycles. The molecule has 1 unspecified atom stereocenters. The van der Waals surface area contributed by atoms with Gasteiger partial charge in [-0.25, -0.2) is 9.59 Å². The molecule has 0 aromatic heterocycles. The van der Waals surface area contributed by atoms with E-state index in [1.807, 2.05) is 0 Å². The van der Waals surface area contributed by atoms with Gasteiger partial charge in [0, 0.05) is 31.2 Å². The first kappa shape index (κ1) is 23.0. The van der Waals surface area contributed by atoms with Gasteiger partial charge in [-0.2, -0.15) is 0 Å². The normalized spacial score (nSPS) is 16.0. The molecule has 30 heavy (non-hydrogen) atoms. The van der Waals surface area contributed by atoms with Crippen molar-refractivity contribution >= 4 is 11.9 Å². The zero-order valence-electron chi connectivity index (χ0n) is 17.4. The van der Waals surface area contributed by atoms with Gasteiger partial charge in [0.1, 0.15) is 0 Å². The molecule has 2 aromatic carbocycles. The van der Waals surface area contributed by atoms with Crippen LogP contribution >= 0.6 is 0 Å². The highest BCUT2D eigenvalue weighted by Gasteiger charge is 2.24. The Labute approximate surface area is 176 Å². The molecule has 7 nitrogen and oxygen atoms in total. The van der Waals surface area contributed by atoms with E-state index >= 15 is 0 Å². The first-order valence-electron chi connectivity index (χ1n) is 9.48. The molecule has 0 fully saturated rings. The Hall–Kier alpha value is -3.32. The minimum absolute atomic E-state index is 0.364. The summed E-state index contributed by atoms with van der Waals surface area (Å²) in [5.74, 6) is -0.521. The summed E-state index contributed by atoms with van der Waals surface area (Å²) < 4.78 is 11.0. The van der Waals surface area contributed by atoms with Crippen LogP contribution in [0.15, 0.2) is 54.6 Å². The largest absolute Gasteiger partial charge is 0.493 e. The molecular weight excluding hydrogens is 386 g/mol. The average molecular weight is 413 g/mol. The fraction of sp³-hybridized carbons (Fsp3) is 0.304. The second kappa shape index (κ2) is 11.0. The third-order valence-corrected chi connectivity index (χ3v) is 4.85. The fourth-order valence-corrected chi connectivity index (χ4v) is 3.40. The van der Waals surface area contributed by atoms with Crippen LogP contribution < -0.4 is 9.47 Å². The van der Waals surface area contributed by atoms with Gasteiger partial charge in [0.2, 0.25) is 0 Å². The molecule has 3 rings (SSSR count). The van der Waals surface area contributed by atoms with Gasteiger partial charge in [-0.15, -0.1) is 0 Å². The molecule has 0 aliphatic carbocycles. The molecule has 0 saturated heterocycles. The van der Waals surface area contributed by atoms with Crippen LogP contribution in [0.1, 0.15) is 22.6 Å². The number of carboxylic acids is 2. The van der Waals surface area contributed by atoms with E-state index in [9.17, 15) is 9.59 Å². The van der Waals surface area contributed by atoms with Crippen molar-refractivity contribution < 1.29 is 29.3 Å². The first-order chi connectivity index (χ1) is 14.3. The third-order valence-electron chi connectivity index (χ3n) is 4.85. The lowest BCUT2D eigenvalue weighted by Crippen LogP contribution is -2.24. The van der Waals surface area contributed by atoms with E-state index in [0.717, 1.165) is 31.0 Å². The molecule has 0 saturated carbocycles. The minimum atomic E-state index is -1.26. The summed E-state index contributed by atoms with van der Waals surface area (Å²) in [7, 11) is 5.59. The second-order valence-corrected chi connectivity index (χ2v) is 6.89. The summed E-state index contributed by atoms with van der Waals surface area (Å²) in [5, 5.41) is 15.6. The monoisotopic (exact) mass is 413 g/mol. The molecule has 0 bridgehead atoms. The maximum atomic E-state index is 9.55. The Morgan fingerprint density at radius 3 is 2.10 bits per heavy atom. The molecule has 2 N–H and O–H groups in total. The van der Waals surface area contributed by atoms with Crippen LogP contribution in [0.4, 0.5) is 0 Å². The lowest BCUT2D eigenvalue weighted by atomic mass is 9.87. The molecule has 0 radical (unpaired) electrons. The van der Waals surface area contributed by atoms with E-state index in [-0.39, 0.29) is 0 Å². The molecular formula is C23H27NO6. The Morgan fingerprint density at radius 1 is 1.00 bits per heavy atom. The van der Waals surface area contributed by atoms with Crippen molar-refractivity contribution in [1.29, 1.82) is 0 Å². The molecule has 160 valence electrons. The van der Waals surface area contributed by atoms with Crippen molar-refractivity contribution in [2.24, 2.45) is 0 Å². The number of aliphatic carboxylic acids is 2. The van der Waals surface area contributed by atoms with Crippen LogP contribution in [-0.2, 0) is 16.0 Å². The van der Waals surface area contributed by atoms with Gasteiger partial charge in [0.25, 0.3) is 0 Å². The van der Waals surface area contributed by atoms with Crippen molar-refractivity contribution in [2.45, 2.75) is 12.3 Å². The number of benzene rings is 2. The molecule has 1 atom stereocenters. The second-order valence-electron chi connectivity index (χ2n) is 6.89. The van der Waals surface area contributed by atoms with Crippen LogP contribution in [0.25, 0.3) is 0 Å². The van der Waals surface area contributed by atoms with E-state index in [2.05, 4.69) is 54.4 Å². The Kier molecular flexibility index (Phi) is 8.43. The highest BCUT2D eigenvalue weighted by atomic mass is 16.5. The SMILES string of the molecule is COc1cc2c(cc1OC)C(c1ccccc1)CN(C)CC2.O=C(O)/C=C\C(=O)O. The van der Waals surface area contributed by atoms with E-state index in [4.69, 9.17) is 19.7 Å². The number of rotatable bonds is 5. The highest BCUT2D eigenvalue weighted by Crippen LogP contribution is 2.38. The summed E-state index contributed by atoms with van der Waals surface area (Å²) >= 11 is 0. The van der Waals surface area contributed by atoms with Crippen molar-refractivity contribution in [3.05, 3.63) is 71.3 Å². The zero-order valence-corrected chi connectivity index (χ0v) is 17.4. The molecule has 7 heteroatoms. The number of hydrogen-bond donors (Lipinski definition) is 2. The summed E-state index contributed by atoms with van der Waals surface area (Å²) in [6.45, 7) is 2.08. The van der Waals surface area contributed by atoms with E-state index in [0.29, 0.717) is 18.1 Å². The number of carbonyl (C=O) groups is 2. The van der Waals surface area contributed by atoms with E-state index in [1.54, 1.807) is 14.2 Å². The average Bonchev–Trinajstić information content (AvgIpc) is 2.90. The fourth-order valence-electron chi connectivity index (χ4n) is 3.40. The van der Waals surface area contributed by atoms with Gasteiger partial charge in [-0.3, -0.25) is 0 Å². The molecule has 0 spiro atoms. The van der Waals surface area contributed by atoms with Gasteiger partial charge in [-0.1, -0.05) is 30.3 Å². The number of hydrogen-bond acceptors (Lipinski definition) is 5. The van der Waals surface area contributed by atoms with Gasteiger partial charge in [0.05, 0.1) is 14.2 Å². The number of carboxylic acid groups (broad SMARTS) is 2. The highest BCUT2D eigenvalue weighted by molar-refractivity contribution is 5.89. The molecule has 2 aromatic rings. The predicted octanol–water partition coefficient (Wildman–Crippen LogP) is 3.04. The van der Waals surface area contributed by atoms with Crippen molar-refractivity contribution in [3.63, 3.8) is 0 Å². The van der Waals surface area contributed by atoms with Crippen LogP contribution in [0.2, 0.25) is 0 Å². The lowest BCUT2D eigenvalue weighted by Gasteiger charge is -2.23. The first-order valence-corrected chi connectivity index (χ1v) is 9.48. The maximum Gasteiger partial charge on any atom is 0.328 e. The number of likely N-dealkylation sites (N-methyl/N-ethyl adjacent to an activating group) is 1. The van der Waals surface area contributed by atoms with Crippen LogP contribution in [0.5, 0.6) is 11.5 Å². The van der Waals surface area contributed by atoms with Gasteiger partial charge >= 0.3 is 11.9 Å². The lowest BCUT2D eigenvalue weighted by molar-refractivity contribution is -0.134. The smallest absolute Gasteiger partial charge is 0.328 e. The third kappa shape index (κ3) is 6.35. The minimum Gasteiger partial charge on any atom is -0.493 e. The van der Waals surface area contributed by atoms with Crippen molar-refractivity contribution in [1.82, 2.24) is 4.90 Å². The number of ether oxygens (including phenoxy) is 2. The van der Waals surface area contributed by atoms with Crippen LogP contribution in [-0.4, -0.2) is 61.4 Å². The van der Waals surface area contributed by atoms with Gasteiger partial charge < -0.3 is 24.6 Å². The van der Waals surface area contributed by atoms with E-state index in [1.165, 1.54) is 16.7 Å². The van der Waals surface area contributed by atoms with Crippen LogP contribution in [0.3, 0.4) is 0 Å². The summed E-state index contributed by atoms with van der Waals surface area (Å²) in [6.07, 6.45) is 2.15. The quantitative estimate of drug-likeness (QED) is 0.728. The zero-order chi connectivity index (χ0) is 22.1.